The number of aromatic carboxylic acids is 1. The van der Waals surface area contributed by atoms with Gasteiger partial charge in [-0.3, -0.25) is 9.59 Å². The second-order valence-electron chi connectivity index (χ2n) is 7.54. The number of hydrogen-bond acceptors (Lipinski definition) is 3. The molecule has 0 atom stereocenters. The lowest BCUT2D eigenvalue weighted by atomic mass is 9.76. The Kier molecular flexibility index (Phi) is 3.87. The minimum absolute atomic E-state index is 0.236. The Balaban J connectivity index is 1.89. The first-order valence-electron chi connectivity index (χ1n) is 9.58. The summed E-state index contributed by atoms with van der Waals surface area (Å²) in [4.78, 5) is 42.4. The third kappa shape index (κ3) is 2.76. The van der Waals surface area contributed by atoms with Crippen molar-refractivity contribution >= 4 is 27.8 Å². The van der Waals surface area contributed by atoms with Crippen LogP contribution in [0.4, 0.5) is 0 Å². The second kappa shape index (κ2) is 6.44. The number of carbonyl (C=O) groups is 1. The lowest BCUT2D eigenvalue weighted by molar-refractivity contribution is 0.0695. The third-order valence-corrected chi connectivity index (χ3v) is 5.85. The normalized spacial score (nSPS) is 14.2. The number of nitrogens with one attached hydrogen (secondary N) is 2. The number of carboxylic acids is 1. The number of fused-ring (bicyclic) bond motifs is 2. The molecule has 6 heteroatoms. The molecule has 1 aliphatic carbocycles. The van der Waals surface area contributed by atoms with Crippen LogP contribution >= 0.6 is 0 Å². The van der Waals surface area contributed by atoms with E-state index in [2.05, 4.69) is 9.97 Å². The summed E-state index contributed by atoms with van der Waals surface area (Å²) in [6.45, 7) is 0. The van der Waals surface area contributed by atoms with Gasteiger partial charge in [0, 0.05) is 16.6 Å². The van der Waals surface area contributed by atoms with Crippen molar-refractivity contribution in [2.45, 2.75) is 25.2 Å². The maximum atomic E-state index is 13.0. The molecule has 3 N–H and O–H groups in total. The van der Waals surface area contributed by atoms with Gasteiger partial charge < -0.3 is 15.1 Å². The molecule has 0 saturated heterocycles. The summed E-state index contributed by atoms with van der Waals surface area (Å²) >= 11 is 0. The molecule has 2 aromatic carbocycles. The molecule has 4 aromatic rings. The van der Waals surface area contributed by atoms with Gasteiger partial charge in [-0.25, -0.2) is 4.79 Å². The van der Waals surface area contributed by atoms with E-state index in [0.29, 0.717) is 27.9 Å². The molecule has 5 rings (SSSR count). The Hall–Kier alpha value is -3.67. The van der Waals surface area contributed by atoms with Crippen molar-refractivity contribution in [3.63, 3.8) is 0 Å². The van der Waals surface area contributed by atoms with Crippen molar-refractivity contribution in [3.8, 4) is 11.1 Å². The molecule has 2 heterocycles. The summed E-state index contributed by atoms with van der Waals surface area (Å²) in [5.74, 6) is -0.954. The summed E-state index contributed by atoms with van der Waals surface area (Å²) in [5, 5.41) is 10.8. The highest BCUT2D eigenvalue weighted by Gasteiger charge is 2.26. The summed E-state index contributed by atoms with van der Waals surface area (Å²) < 4.78 is 0. The zero-order valence-electron chi connectivity index (χ0n) is 15.5. The van der Waals surface area contributed by atoms with Crippen LogP contribution in [0, 0.1) is 0 Å². The lowest BCUT2D eigenvalue weighted by Crippen LogP contribution is -2.19. The molecule has 2 aromatic heterocycles. The number of pyridine rings is 2. The van der Waals surface area contributed by atoms with Gasteiger partial charge in [0.15, 0.2) is 0 Å². The SMILES string of the molecule is O=C(O)c1cc2ccc(C3CCC3)c(-c3cc4ccccc4[nH]c3=O)c2[nH]c1=O. The predicted molar refractivity (Wildman–Crippen MR) is 112 cm³/mol. The smallest absolute Gasteiger partial charge is 0.341 e. The number of H-pyrrole nitrogens is 2. The lowest BCUT2D eigenvalue weighted by Gasteiger charge is -2.28. The zero-order chi connectivity index (χ0) is 20.1. The van der Waals surface area contributed by atoms with Gasteiger partial charge in [-0.15, -0.1) is 0 Å². The van der Waals surface area contributed by atoms with E-state index in [1.165, 1.54) is 6.07 Å². The molecule has 0 spiro atoms. The Morgan fingerprint density at radius 1 is 0.931 bits per heavy atom. The van der Waals surface area contributed by atoms with Crippen LogP contribution in [0.5, 0.6) is 0 Å². The molecular weight excluding hydrogens is 368 g/mol. The largest absolute Gasteiger partial charge is 0.477 e. The van der Waals surface area contributed by atoms with E-state index in [4.69, 9.17) is 0 Å². The van der Waals surface area contributed by atoms with E-state index >= 15 is 0 Å². The molecule has 1 fully saturated rings. The van der Waals surface area contributed by atoms with Crippen LogP contribution in [-0.4, -0.2) is 21.0 Å². The first kappa shape index (κ1) is 17.4. The van der Waals surface area contributed by atoms with Crippen LogP contribution in [0.3, 0.4) is 0 Å². The van der Waals surface area contributed by atoms with Crippen molar-refractivity contribution in [2.75, 3.05) is 0 Å². The molecule has 0 bridgehead atoms. The molecule has 29 heavy (non-hydrogen) atoms. The Labute approximate surface area is 164 Å². The van der Waals surface area contributed by atoms with Crippen LogP contribution in [0.1, 0.15) is 41.1 Å². The third-order valence-electron chi connectivity index (χ3n) is 5.85. The average molecular weight is 386 g/mol. The highest BCUT2D eigenvalue weighted by atomic mass is 16.4. The molecule has 0 amide bonds. The van der Waals surface area contributed by atoms with Gasteiger partial charge in [-0.1, -0.05) is 36.8 Å². The number of carboxylic acid groups (broad SMARTS) is 1. The van der Waals surface area contributed by atoms with Crippen LogP contribution < -0.4 is 11.1 Å². The number of aromatic nitrogens is 2. The second-order valence-corrected chi connectivity index (χ2v) is 7.54. The molecule has 0 unspecified atom stereocenters. The van der Waals surface area contributed by atoms with Crippen molar-refractivity contribution in [1.82, 2.24) is 9.97 Å². The first-order valence-corrected chi connectivity index (χ1v) is 9.58. The van der Waals surface area contributed by atoms with Gasteiger partial charge in [0.2, 0.25) is 0 Å². The minimum Gasteiger partial charge on any atom is -0.477 e. The van der Waals surface area contributed by atoms with E-state index < -0.39 is 11.5 Å². The zero-order valence-corrected chi connectivity index (χ0v) is 15.5. The fourth-order valence-corrected chi connectivity index (χ4v) is 4.13. The van der Waals surface area contributed by atoms with Gasteiger partial charge in [0.05, 0.1) is 5.52 Å². The van der Waals surface area contributed by atoms with E-state index in [1.54, 1.807) is 0 Å². The molecule has 144 valence electrons. The topological polar surface area (TPSA) is 103 Å². The molecule has 1 aliphatic rings. The standard InChI is InChI=1S/C23H18N2O4/c26-21-16(10-13-4-1-2-7-18(13)24-21)19-15(12-5-3-6-12)9-8-14-11-17(23(28)29)22(27)25-20(14)19/h1-2,4,7-12H,3,5-6H2,(H,24,26)(H,25,27)(H,28,29). The van der Waals surface area contributed by atoms with Gasteiger partial charge >= 0.3 is 5.97 Å². The number of aromatic amines is 2. The Morgan fingerprint density at radius 3 is 2.45 bits per heavy atom. The highest BCUT2D eigenvalue weighted by Crippen LogP contribution is 2.43. The van der Waals surface area contributed by atoms with Gasteiger partial charge in [-0.05, 0) is 53.3 Å². The van der Waals surface area contributed by atoms with E-state index in [-0.39, 0.29) is 11.1 Å². The fourth-order valence-electron chi connectivity index (χ4n) is 4.13. The first-order chi connectivity index (χ1) is 14.0. The van der Waals surface area contributed by atoms with E-state index in [0.717, 1.165) is 35.7 Å². The number of para-hydroxylation sites is 1. The van der Waals surface area contributed by atoms with Gasteiger partial charge in [-0.2, -0.15) is 0 Å². The maximum Gasteiger partial charge on any atom is 0.341 e. The highest BCUT2D eigenvalue weighted by molar-refractivity contribution is 6.00. The molecule has 0 radical (unpaired) electrons. The molecule has 1 saturated carbocycles. The fraction of sp³-hybridized carbons (Fsp3) is 0.174. The Bertz CT molecular complexity index is 1410. The van der Waals surface area contributed by atoms with Crippen LogP contribution in [0.25, 0.3) is 32.9 Å². The number of benzene rings is 2. The van der Waals surface area contributed by atoms with Gasteiger partial charge in [0.25, 0.3) is 11.1 Å². The van der Waals surface area contributed by atoms with Crippen LogP contribution in [-0.2, 0) is 0 Å². The minimum atomic E-state index is -1.28. The summed E-state index contributed by atoms with van der Waals surface area (Å²) in [6.07, 6.45) is 3.19. The quantitative estimate of drug-likeness (QED) is 0.495. The van der Waals surface area contributed by atoms with Crippen molar-refractivity contribution in [1.29, 1.82) is 0 Å². The average Bonchev–Trinajstić information content (AvgIpc) is 2.65. The van der Waals surface area contributed by atoms with Crippen molar-refractivity contribution < 1.29 is 9.90 Å². The van der Waals surface area contributed by atoms with E-state index in [9.17, 15) is 19.5 Å². The molecular formula is C23H18N2O4. The monoisotopic (exact) mass is 386 g/mol. The Morgan fingerprint density at radius 2 is 1.72 bits per heavy atom. The van der Waals surface area contributed by atoms with Crippen LogP contribution in [0.15, 0.2) is 58.1 Å². The van der Waals surface area contributed by atoms with Gasteiger partial charge in [0.1, 0.15) is 5.56 Å². The molecule has 6 nitrogen and oxygen atoms in total. The maximum absolute atomic E-state index is 13.0. The molecule has 0 aliphatic heterocycles. The van der Waals surface area contributed by atoms with E-state index in [1.807, 2.05) is 42.5 Å². The van der Waals surface area contributed by atoms with Crippen molar-refractivity contribution in [3.05, 3.63) is 80.4 Å². The number of hydrogen-bond donors (Lipinski definition) is 3. The predicted octanol–water partition coefficient (Wildman–Crippen LogP) is 4.00. The van der Waals surface area contributed by atoms with Crippen LogP contribution in [0.2, 0.25) is 0 Å². The van der Waals surface area contributed by atoms with Crippen molar-refractivity contribution in [2.24, 2.45) is 0 Å². The summed E-state index contributed by atoms with van der Waals surface area (Å²) in [7, 11) is 0. The number of rotatable bonds is 3. The summed E-state index contributed by atoms with van der Waals surface area (Å²) in [5.41, 5.74) is 2.21. The summed E-state index contributed by atoms with van der Waals surface area (Å²) in [6, 6.07) is 14.5.